The summed E-state index contributed by atoms with van der Waals surface area (Å²) in [5.41, 5.74) is 0.486. The smallest absolute Gasteiger partial charge is 0.326 e. The van der Waals surface area contributed by atoms with E-state index in [0.29, 0.717) is 15.9 Å². The Balaban J connectivity index is 1.71. The molecule has 2 aliphatic rings. The lowest BCUT2D eigenvalue weighted by molar-refractivity contribution is -0.149. The summed E-state index contributed by atoms with van der Waals surface area (Å²) >= 11 is 10.2. The number of thiol groups is 1. The number of carbonyl (C=O) groups is 3. The number of hydrogen-bond acceptors (Lipinski definition) is 9. The summed E-state index contributed by atoms with van der Waals surface area (Å²) in [7, 11) is -4.39. The molecule has 0 spiro atoms. The molecule has 2 aromatic rings. The molecule has 0 radical (unpaired) electrons. The Bertz CT molecular complexity index is 1400. The monoisotopic (exact) mass is 568 g/mol. The van der Waals surface area contributed by atoms with Crippen LogP contribution in [0, 0.1) is 5.92 Å². The van der Waals surface area contributed by atoms with Gasteiger partial charge < -0.3 is 14.7 Å². The van der Waals surface area contributed by atoms with E-state index in [4.69, 9.17) is 21.5 Å². The highest BCUT2D eigenvalue weighted by Crippen LogP contribution is 2.37. The van der Waals surface area contributed by atoms with Gasteiger partial charge in [0.05, 0.1) is 22.4 Å². The summed E-state index contributed by atoms with van der Waals surface area (Å²) in [6, 6.07) is 3.84. The third-order valence-electron chi connectivity index (χ3n) is 6.46. The third-order valence-corrected chi connectivity index (χ3v) is 8.25. The van der Waals surface area contributed by atoms with E-state index in [2.05, 4.69) is 22.6 Å². The molecule has 3 N–H and O–H groups in total. The number of primary sulfonamides is 1. The van der Waals surface area contributed by atoms with Gasteiger partial charge in [0.1, 0.15) is 18.0 Å². The van der Waals surface area contributed by atoms with Crippen LogP contribution in [0.5, 0.6) is 0 Å². The third kappa shape index (κ3) is 5.80. The molecule has 1 amide bonds. The molecule has 1 aromatic heterocycles. The maximum absolute atomic E-state index is 12.8. The van der Waals surface area contributed by atoms with Gasteiger partial charge in [-0.2, -0.15) is 12.6 Å². The first-order valence-corrected chi connectivity index (χ1v) is 13.9. The van der Waals surface area contributed by atoms with Crippen molar-refractivity contribution in [3.63, 3.8) is 0 Å². The van der Waals surface area contributed by atoms with E-state index in [1.54, 1.807) is 25.1 Å². The number of likely N-dealkylation sites (tertiary alicyclic amines) is 1. The molecule has 11 nitrogen and oxygen atoms in total. The Labute approximate surface area is 223 Å². The highest BCUT2D eigenvalue weighted by atomic mass is 35.5. The lowest BCUT2D eigenvalue weighted by Gasteiger charge is -2.32. The molecule has 0 saturated carbocycles. The number of carboxylic acids is 1. The molecule has 37 heavy (non-hydrogen) atoms. The molecule has 4 unspecified atom stereocenters. The Morgan fingerprint density at radius 1 is 1.38 bits per heavy atom. The normalized spacial score (nSPS) is 25.2. The zero-order valence-corrected chi connectivity index (χ0v) is 22.1. The van der Waals surface area contributed by atoms with E-state index in [0.717, 1.165) is 6.08 Å². The summed E-state index contributed by atoms with van der Waals surface area (Å²) in [6.07, 6.45) is 0.0800. The minimum atomic E-state index is -4.39. The topological polar surface area (TPSA) is 170 Å². The van der Waals surface area contributed by atoms with Crippen molar-refractivity contribution in [2.75, 3.05) is 12.3 Å². The van der Waals surface area contributed by atoms with Crippen LogP contribution < -0.4 is 5.14 Å². The van der Waals surface area contributed by atoms with Gasteiger partial charge in [0, 0.05) is 47.7 Å². The Morgan fingerprint density at radius 3 is 2.76 bits per heavy atom. The number of rotatable bonds is 7. The molecule has 1 aromatic carbocycles. The molecule has 1 fully saturated rings. The van der Waals surface area contributed by atoms with E-state index < -0.39 is 62.7 Å². The highest BCUT2D eigenvalue weighted by molar-refractivity contribution is 7.93. The standard InChI is InChI=1S/C23H25ClN4O7S2/c1-11(10-36)22(30)28-9-15(7-18(28)23(31)32)35-20-16(5-14(29)6-19(20)37(25,33)34)21-26-8-12-2-3-13(24)4-17(12)27-21/h2-4,6,8,11,15-16,18,20,36H,5,7,9-10H2,1H3,(H,31,32)(H2,25,33,34)/t11?,15?,16?,18-,20?/m0/s1. The first-order valence-electron chi connectivity index (χ1n) is 11.4. The van der Waals surface area contributed by atoms with E-state index in [-0.39, 0.29) is 31.0 Å². The summed E-state index contributed by atoms with van der Waals surface area (Å²) < 4.78 is 31.1. The number of benzene rings is 1. The lowest BCUT2D eigenvalue weighted by atomic mass is 9.89. The number of fused-ring (bicyclic) bond motifs is 1. The predicted octanol–water partition coefficient (Wildman–Crippen LogP) is 1.52. The van der Waals surface area contributed by atoms with Crippen molar-refractivity contribution in [2.24, 2.45) is 11.1 Å². The fourth-order valence-electron chi connectivity index (χ4n) is 4.59. The first kappa shape index (κ1) is 27.5. The molecule has 198 valence electrons. The van der Waals surface area contributed by atoms with Gasteiger partial charge in [-0.25, -0.2) is 28.3 Å². The molecule has 0 bridgehead atoms. The molecule has 2 heterocycles. The minimum Gasteiger partial charge on any atom is -0.480 e. The summed E-state index contributed by atoms with van der Waals surface area (Å²) in [5.74, 6) is -3.20. The van der Waals surface area contributed by atoms with Gasteiger partial charge in [0.15, 0.2) is 5.78 Å². The SMILES string of the molecule is CC(CS)C(=O)N1CC(OC2C(S(N)(=O)=O)=CC(=O)CC2c2ncc3ccc(Cl)cc3n2)C[C@H]1C(=O)O. The number of carbonyl (C=O) groups excluding carboxylic acids is 2. The van der Waals surface area contributed by atoms with Gasteiger partial charge in [0.25, 0.3) is 0 Å². The van der Waals surface area contributed by atoms with Gasteiger partial charge >= 0.3 is 5.97 Å². The molecular weight excluding hydrogens is 544 g/mol. The first-order chi connectivity index (χ1) is 17.4. The van der Waals surface area contributed by atoms with Gasteiger partial charge in [-0.1, -0.05) is 18.5 Å². The number of ketones is 1. The number of nitrogens with zero attached hydrogens (tertiary/aromatic N) is 3. The fourth-order valence-corrected chi connectivity index (χ4v) is 5.75. The molecule has 1 saturated heterocycles. The van der Waals surface area contributed by atoms with Crippen molar-refractivity contribution in [1.29, 1.82) is 0 Å². The van der Waals surface area contributed by atoms with Crippen LogP contribution in [0.15, 0.2) is 35.4 Å². The number of carboxylic acid groups (broad SMARTS) is 1. The van der Waals surface area contributed by atoms with Crippen molar-refractivity contribution < 1.29 is 32.6 Å². The van der Waals surface area contributed by atoms with Crippen molar-refractivity contribution in [3.8, 4) is 0 Å². The van der Waals surface area contributed by atoms with Gasteiger partial charge in [0.2, 0.25) is 15.9 Å². The fraction of sp³-hybridized carbons (Fsp3) is 0.435. The Kier molecular flexibility index (Phi) is 7.91. The van der Waals surface area contributed by atoms with E-state index in [1.807, 2.05) is 0 Å². The zero-order valence-electron chi connectivity index (χ0n) is 19.7. The van der Waals surface area contributed by atoms with Crippen LogP contribution in [-0.4, -0.2) is 76.6 Å². The average Bonchev–Trinajstić information content (AvgIpc) is 3.27. The summed E-state index contributed by atoms with van der Waals surface area (Å²) in [4.78, 5) is 46.8. The summed E-state index contributed by atoms with van der Waals surface area (Å²) in [5, 5.41) is 16.3. The Morgan fingerprint density at radius 2 is 2.11 bits per heavy atom. The quantitative estimate of drug-likeness (QED) is 0.419. The second kappa shape index (κ2) is 10.7. The molecule has 14 heteroatoms. The van der Waals surface area contributed by atoms with Crippen LogP contribution in [0.25, 0.3) is 10.9 Å². The van der Waals surface area contributed by atoms with Crippen LogP contribution in [0.3, 0.4) is 0 Å². The van der Waals surface area contributed by atoms with Crippen molar-refractivity contribution in [1.82, 2.24) is 14.9 Å². The summed E-state index contributed by atoms with van der Waals surface area (Å²) in [6.45, 7) is 1.55. The number of aromatic nitrogens is 2. The van der Waals surface area contributed by atoms with Crippen LogP contribution in [-0.2, 0) is 29.1 Å². The van der Waals surface area contributed by atoms with E-state index >= 15 is 0 Å². The molecule has 4 rings (SSSR count). The number of allylic oxidation sites excluding steroid dienone is 1. The number of ether oxygens (including phenoxy) is 1. The number of halogens is 1. The number of nitrogens with two attached hydrogens (primary N) is 1. The van der Waals surface area contributed by atoms with E-state index in [1.165, 1.54) is 11.1 Å². The largest absolute Gasteiger partial charge is 0.480 e. The molecular formula is C23H25ClN4O7S2. The second-order valence-electron chi connectivity index (χ2n) is 9.14. The molecule has 1 aliphatic carbocycles. The Hall–Kier alpha value is -2.58. The zero-order chi connectivity index (χ0) is 27.1. The maximum atomic E-state index is 12.8. The average molecular weight is 569 g/mol. The highest BCUT2D eigenvalue weighted by Gasteiger charge is 2.46. The van der Waals surface area contributed by atoms with Crippen molar-refractivity contribution >= 4 is 62.8 Å². The minimum absolute atomic E-state index is 0.0797. The van der Waals surface area contributed by atoms with Gasteiger partial charge in [-0.05, 0) is 24.3 Å². The van der Waals surface area contributed by atoms with Crippen LogP contribution in [0.2, 0.25) is 5.02 Å². The number of hydrogen-bond donors (Lipinski definition) is 3. The van der Waals surface area contributed by atoms with Gasteiger partial charge in [-0.3, -0.25) is 9.59 Å². The lowest BCUT2D eigenvalue weighted by Crippen LogP contribution is -2.44. The van der Waals surface area contributed by atoms with Crippen molar-refractivity contribution in [3.05, 3.63) is 46.2 Å². The van der Waals surface area contributed by atoms with Crippen molar-refractivity contribution in [2.45, 2.75) is 43.9 Å². The number of sulfonamides is 1. The number of amides is 1. The molecule has 5 atom stereocenters. The van der Waals surface area contributed by atoms with Crippen LogP contribution in [0.4, 0.5) is 0 Å². The molecule has 1 aliphatic heterocycles. The second-order valence-corrected chi connectivity index (χ2v) is 11.5. The predicted molar refractivity (Wildman–Crippen MR) is 138 cm³/mol. The maximum Gasteiger partial charge on any atom is 0.326 e. The van der Waals surface area contributed by atoms with Crippen LogP contribution in [0.1, 0.15) is 31.5 Å². The van der Waals surface area contributed by atoms with E-state index in [9.17, 15) is 27.9 Å². The van der Waals surface area contributed by atoms with Gasteiger partial charge in [-0.15, -0.1) is 0 Å². The number of aliphatic carboxylic acids is 1. The van der Waals surface area contributed by atoms with Crippen LogP contribution >= 0.6 is 24.2 Å².